The lowest BCUT2D eigenvalue weighted by molar-refractivity contribution is -0.148. The summed E-state index contributed by atoms with van der Waals surface area (Å²) in [7, 11) is 1.50. The minimum atomic E-state index is -0.939. The van der Waals surface area contributed by atoms with Crippen molar-refractivity contribution in [3.8, 4) is 5.75 Å². The van der Waals surface area contributed by atoms with Gasteiger partial charge in [0.15, 0.2) is 6.10 Å². The molecule has 2 aromatic rings. The number of carbonyl (C=O) groups is 2. The molecule has 24 heavy (non-hydrogen) atoms. The third kappa shape index (κ3) is 5.11. The Morgan fingerprint density at radius 2 is 2.12 bits per heavy atom. The van der Waals surface area contributed by atoms with E-state index in [4.69, 9.17) is 21.1 Å². The zero-order chi connectivity index (χ0) is 17.5. The molecule has 0 bridgehead atoms. The lowest BCUT2D eigenvalue weighted by Crippen LogP contribution is -2.29. The van der Waals surface area contributed by atoms with Crippen LogP contribution in [0.5, 0.6) is 5.75 Å². The van der Waals surface area contributed by atoms with Gasteiger partial charge in [-0.05, 0) is 53.6 Å². The van der Waals surface area contributed by atoms with E-state index in [-0.39, 0.29) is 0 Å². The largest absolute Gasteiger partial charge is 0.495 e. The number of ether oxygens (including phenoxy) is 2. The van der Waals surface area contributed by atoms with Crippen LogP contribution in [-0.4, -0.2) is 25.1 Å². The van der Waals surface area contributed by atoms with E-state index < -0.39 is 18.0 Å². The summed E-state index contributed by atoms with van der Waals surface area (Å²) in [6.07, 6.45) is 1.98. The smallest absolute Gasteiger partial charge is 0.331 e. The molecular weight excluding hydrogens is 350 g/mol. The maximum atomic E-state index is 12.1. The van der Waals surface area contributed by atoms with E-state index in [1.807, 2.05) is 16.8 Å². The van der Waals surface area contributed by atoms with Crippen LogP contribution >= 0.6 is 22.9 Å². The molecule has 0 radical (unpaired) electrons. The second-order valence-corrected chi connectivity index (χ2v) is 5.99. The van der Waals surface area contributed by atoms with Crippen LogP contribution in [-0.2, 0) is 14.3 Å². The molecule has 0 aliphatic carbocycles. The zero-order valence-electron chi connectivity index (χ0n) is 13.1. The number of benzene rings is 1. The second kappa shape index (κ2) is 8.52. The van der Waals surface area contributed by atoms with Crippen LogP contribution in [0.25, 0.3) is 6.08 Å². The first-order valence-corrected chi connectivity index (χ1v) is 8.37. The summed E-state index contributed by atoms with van der Waals surface area (Å²) in [6, 6.07) is 6.72. The maximum absolute atomic E-state index is 12.1. The summed E-state index contributed by atoms with van der Waals surface area (Å²) >= 11 is 7.52. The highest BCUT2D eigenvalue weighted by Crippen LogP contribution is 2.27. The highest BCUT2D eigenvalue weighted by molar-refractivity contribution is 7.08. The van der Waals surface area contributed by atoms with Gasteiger partial charge in [0.1, 0.15) is 5.75 Å². The Kier molecular flexibility index (Phi) is 6.40. The van der Waals surface area contributed by atoms with E-state index >= 15 is 0 Å². The molecule has 0 unspecified atom stereocenters. The van der Waals surface area contributed by atoms with Gasteiger partial charge in [0, 0.05) is 11.8 Å². The molecule has 0 saturated carbocycles. The molecular formula is C17H16ClNO4S. The van der Waals surface area contributed by atoms with E-state index in [0.29, 0.717) is 16.5 Å². The van der Waals surface area contributed by atoms with Gasteiger partial charge in [0.05, 0.1) is 12.1 Å². The predicted octanol–water partition coefficient (Wildman–Crippen LogP) is 3.99. The molecule has 0 fully saturated rings. The van der Waals surface area contributed by atoms with Crippen LogP contribution in [0, 0.1) is 0 Å². The Labute approximate surface area is 148 Å². The molecule has 7 heteroatoms. The van der Waals surface area contributed by atoms with Crippen molar-refractivity contribution in [2.24, 2.45) is 0 Å². The number of esters is 1. The van der Waals surface area contributed by atoms with Gasteiger partial charge < -0.3 is 14.8 Å². The van der Waals surface area contributed by atoms with E-state index in [1.54, 1.807) is 24.3 Å². The SMILES string of the molecule is COc1ccc(NC(=O)[C@H](C)OC(=O)/C=C/c2ccsc2)cc1Cl. The lowest BCUT2D eigenvalue weighted by atomic mass is 10.2. The average Bonchev–Trinajstić information content (AvgIpc) is 3.06. The minimum Gasteiger partial charge on any atom is -0.495 e. The first kappa shape index (κ1) is 18.0. The molecule has 126 valence electrons. The van der Waals surface area contributed by atoms with Gasteiger partial charge in [-0.15, -0.1) is 0 Å². The fourth-order valence-electron chi connectivity index (χ4n) is 1.79. The standard InChI is InChI=1S/C17H16ClNO4S/c1-11(23-16(20)6-3-12-7-8-24-10-12)17(21)19-13-4-5-15(22-2)14(18)9-13/h3-11H,1-2H3,(H,19,21)/b6-3+/t11-/m0/s1. The summed E-state index contributed by atoms with van der Waals surface area (Å²) in [4.78, 5) is 23.8. The van der Waals surface area contributed by atoms with Crippen LogP contribution in [0.2, 0.25) is 5.02 Å². The molecule has 0 aliphatic heterocycles. The monoisotopic (exact) mass is 365 g/mol. The fraction of sp³-hybridized carbons (Fsp3) is 0.176. The molecule has 5 nitrogen and oxygen atoms in total. The first-order chi connectivity index (χ1) is 11.5. The van der Waals surface area contributed by atoms with Gasteiger partial charge in [0.2, 0.25) is 0 Å². The van der Waals surface area contributed by atoms with Crippen LogP contribution < -0.4 is 10.1 Å². The average molecular weight is 366 g/mol. The van der Waals surface area contributed by atoms with E-state index in [1.165, 1.54) is 31.4 Å². The van der Waals surface area contributed by atoms with Crippen molar-refractivity contribution in [3.05, 3.63) is 51.7 Å². The maximum Gasteiger partial charge on any atom is 0.331 e. The number of rotatable bonds is 6. The Morgan fingerprint density at radius 1 is 1.33 bits per heavy atom. The molecule has 0 aliphatic rings. The lowest BCUT2D eigenvalue weighted by Gasteiger charge is -2.13. The highest BCUT2D eigenvalue weighted by atomic mass is 35.5. The molecule has 1 heterocycles. The van der Waals surface area contributed by atoms with Gasteiger partial charge in [-0.3, -0.25) is 4.79 Å². The van der Waals surface area contributed by atoms with Crippen molar-refractivity contribution in [1.29, 1.82) is 0 Å². The van der Waals surface area contributed by atoms with Gasteiger partial charge in [-0.1, -0.05) is 11.6 Å². The van der Waals surface area contributed by atoms with E-state index in [2.05, 4.69) is 5.32 Å². The second-order valence-electron chi connectivity index (χ2n) is 4.81. The Bertz CT molecular complexity index is 743. The number of amides is 1. The van der Waals surface area contributed by atoms with Gasteiger partial charge in [-0.2, -0.15) is 11.3 Å². The Hall–Kier alpha value is -2.31. The fourth-order valence-corrected chi connectivity index (χ4v) is 2.68. The number of hydrogen-bond acceptors (Lipinski definition) is 5. The number of carbonyl (C=O) groups excluding carboxylic acids is 2. The van der Waals surface area contributed by atoms with Crippen molar-refractivity contribution in [2.75, 3.05) is 12.4 Å². The van der Waals surface area contributed by atoms with Crippen LogP contribution in [0.3, 0.4) is 0 Å². The van der Waals surface area contributed by atoms with Crippen molar-refractivity contribution < 1.29 is 19.1 Å². The summed E-state index contributed by atoms with van der Waals surface area (Å²) in [5.41, 5.74) is 1.39. The van der Waals surface area contributed by atoms with E-state index in [9.17, 15) is 9.59 Å². The molecule has 0 spiro atoms. The van der Waals surface area contributed by atoms with E-state index in [0.717, 1.165) is 5.56 Å². The number of halogens is 1. The van der Waals surface area contributed by atoms with Crippen molar-refractivity contribution in [1.82, 2.24) is 0 Å². The quantitative estimate of drug-likeness (QED) is 0.621. The van der Waals surface area contributed by atoms with Gasteiger partial charge in [0.25, 0.3) is 5.91 Å². The van der Waals surface area contributed by atoms with Crippen LogP contribution in [0.15, 0.2) is 41.1 Å². The molecule has 1 amide bonds. The molecule has 1 aromatic carbocycles. The van der Waals surface area contributed by atoms with Crippen LogP contribution in [0.1, 0.15) is 12.5 Å². The molecule has 1 atom stereocenters. The Morgan fingerprint density at radius 3 is 2.75 bits per heavy atom. The first-order valence-electron chi connectivity index (χ1n) is 7.05. The van der Waals surface area contributed by atoms with Gasteiger partial charge in [-0.25, -0.2) is 4.79 Å². The minimum absolute atomic E-state index is 0.374. The van der Waals surface area contributed by atoms with Crippen molar-refractivity contribution in [3.63, 3.8) is 0 Å². The molecule has 0 saturated heterocycles. The normalized spacial score (nSPS) is 12.0. The number of nitrogens with one attached hydrogen (secondary N) is 1. The number of thiophene rings is 1. The molecule has 1 N–H and O–H groups in total. The number of methoxy groups -OCH3 is 1. The van der Waals surface area contributed by atoms with Crippen molar-refractivity contribution in [2.45, 2.75) is 13.0 Å². The van der Waals surface area contributed by atoms with Crippen molar-refractivity contribution >= 4 is 46.6 Å². The van der Waals surface area contributed by atoms with Crippen LogP contribution in [0.4, 0.5) is 5.69 Å². The number of hydrogen-bond donors (Lipinski definition) is 1. The van der Waals surface area contributed by atoms with Gasteiger partial charge >= 0.3 is 5.97 Å². The zero-order valence-corrected chi connectivity index (χ0v) is 14.7. The summed E-state index contributed by atoms with van der Waals surface area (Å²) in [5.74, 6) is -0.530. The number of anilines is 1. The third-order valence-corrected chi connectivity index (χ3v) is 4.03. The summed E-state index contributed by atoms with van der Waals surface area (Å²) in [5, 5.41) is 6.80. The molecule has 1 aromatic heterocycles. The third-order valence-electron chi connectivity index (χ3n) is 3.04. The summed E-state index contributed by atoms with van der Waals surface area (Å²) in [6.45, 7) is 1.50. The Balaban J connectivity index is 1.89. The molecule has 2 rings (SSSR count). The predicted molar refractivity (Wildman–Crippen MR) is 95.5 cm³/mol. The summed E-state index contributed by atoms with van der Waals surface area (Å²) < 4.78 is 10.1. The topological polar surface area (TPSA) is 64.6 Å². The highest BCUT2D eigenvalue weighted by Gasteiger charge is 2.17.